The van der Waals surface area contributed by atoms with Gasteiger partial charge in [-0.1, -0.05) is 23.2 Å². The van der Waals surface area contributed by atoms with E-state index in [1.54, 1.807) is 35.8 Å². The Morgan fingerprint density at radius 1 is 1.14 bits per heavy atom. The van der Waals surface area contributed by atoms with E-state index in [2.05, 4.69) is 4.98 Å². The SMILES string of the molecule is CC(Cl)c1nc2ccc(F)cc2n1-c1ccc(Cl)cc1Cl. The number of benzene rings is 2. The van der Waals surface area contributed by atoms with E-state index in [0.29, 0.717) is 32.6 Å². The first-order valence-electron chi connectivity index (χ1n) is 6.25. The van der Waals surface area contributed by atoms with Gasteiger partial charge in [0, 0.05) is 11.1 Å². The number of imidazole rings is 1. The molecule has 0 N–H and O–H groups in total. The van der Waals surface area contributed by atoms with Crippen molar-refractivity contribution in [3.05, 3.63) is 58.1 Å². The van der Waals surface area contributed by atoms with E-state index in [1.165, 1.54) is 12.1 Å². The van der Waals surface area contributed by atoms with Crippen LogP contribution in [0.2, 0.25) is 10.0 Å². The average molecular weight is 344 g/mol. The predicted octanol–water partition coefficient (Wildman–Crippen LogP) is 5.77. The number of fused-ring (bicyclic) bond motifs is 1. The van der Waals surface area contributed by atoms with Crippen molar-refractivity contribution >= 4 is 45.8 Å². The van der Waals surface area contributed by atoms with Crippen LogP contribution in [0, 0.1) is 5.82 Å². The summed E-state index contributed by atoms with van der Waals surface area (Å²) in [5, 5.41) is 0.622. The van der Waals surface area contributed by atoms with Crippen molar-refractivity contribution in [3.63, 3.8) is 0 Å². The molecule has 1 heterocycles. The maximum Gasteiger partial charge on any atom is 0.132 e. The monoisotopic (exact) mass is 342 g/mol. The quantitative estimate of drug-likeness (QED) is 0.540. The normalized spacial score (nSPS) is 12.8. The van der Waals surface area contributed by atoms with Gasteiger partial charge in [-0.3, -0.25) is 4.57 Å². The standard InChI is InChI=1S/C15H10Cl3FN2/c1-8(16)15-20-12-4-3-10(19)7-14(12)21(15)13-5-2-9(17)6-11(13)18/h2-8H,1H3. The lowest BCUT2D eigenvalue weighted by molar-refractivity contribution is 0.629. The molecule has 0 aliphatic carbocycles. The average Bonchev–Trinajstić information content (AvgIpc) is 2.77. The summed E-state index contributed by atoms with van der Waals surface area (Å²) < 4.78 is 15.3. The van der Waals surface area contributed by atoms with Crippen LogP contribution >= 0.6 is 34.8 Å². The Bertz CT molecular complexity index is 827. The Morgan fingerprint density at radius 2 is 1.90 bits per heavy atom. The summed E-state index contributed by atoms with van der Waals surface area (Å²) in [6, 6.07) is 9.51. The highest BCUT2D eigenvalue weighted by Gasteiger charge is 2.18. The molecular formula is C15H10Cl3FN2. The van der Waals surface area contributed by atoms with E-state index in [1.807, 2.05) is 0 Å². The molecule has 21 heavy (non-hydrogen) atoms. The van der Waals surface area contributed by atoms with E-state index in [4.69, 9.17) is 34.8 Å². The molecular weight excluding hydrogens is 334 g/mol. The topological polar surface area (TPSA) is 17.8 Å². The van der Waals surface area contributed by atoms with Crippen LogP contribution in [0.1, 0.15) is 18.1 Å². The lowest BCUT2D eigenvalue weighted by Crippen LogP contribution is -2.02. The minimum Gasteiger partial charge on any atom is -0.293 e. The number of alkyl halides is 1. The van der Waals surface area contributed by atoms with Crippen molar-refractivity contribution in [2.75, 3.05) is 0 Å². The lowest BCUT2D eigenvalue weighted by Gasteiger charge is -2.12. The molecule has 3 aromatic rings. The predicted molar refractivity (Wildman–Crippen MR) is 85.3 cm³/mol. The summed E-state index contributed by atoms with van der Waals surface area (Å²) in [7, 11) is 0. The van der Waals surface area contributed by atoms with Gasteiger partial charge in [-0.25, -0.2) is 9.37 Å². The van der Waals surface area contributed by atoms with Crippen LogP contribution in [0.5, 0.6) is 0 Å². The summed E-state index contributed by atoms with van der Waals surface area (Å²) in [5.74, 6) is 0.254. The van der Waals surface area contributed by atoms with Crippen molar-refractivity contribution in [2.24, 2.45) is 0 Å². The molecule has 1 unspecified atom stereocenters. The van der Waals surface area contributed by atoms with Crippen LogP contribution in [0.15, 0.2) is 36.4 Å². The van der Waals surface area contributed by atoms with Crippen LogP contribution in [0.25, 0.3) is 16.7 Å². The number of rotatable bonds is 2. The highest BCUT2D eigenvalue weighted by atomic mass is 35.5. The molecule has 0 saturated heterocycles. The van der Waals surface area contributed by atoms with Crippen LogP contribution in [0.4, 0.5) is 4.39 Å². The maximum atomic E-state index is 13.6. The first-order valence-corrected chi connectivity index (χ1v) is 7.44. The zero-order valence-corrected chi connectivity index (χ0v) is 13.2. The molecule has 1 aromatic heterocycles. The lowest BCUT2D eigenvalue weighted by atomic mass is 10.2. The van der Waals surface area contributed by atoms with E-state index >= 15 is 0 Å². The van der Waals surface area contributed by atoms with Gasteiger partial charge < -0.3 is 0 Å². The fraction of sp³-hybridized carbons (Fsp3) is 0.133. The number of halogens is 4. The van der Waals surface area contributed by atoms with Gasteiger partial charge >= 0.3 is 0 Å². The molecule has 108 valence electrons. The van der Waals surface area contributed by atoms with Crippen molar-refractivity contribution in [1.82, 2.24) is 9.55 Å². The minimum atomic E-state index is -0.354. The summed E-state index contributed by atoms with van der Waals surface area (Å²) >= 11 is 18.4. The van der Waals surface area contributed by atoms with Gasteiger partial charge in [0.2, 0.25) is 0 Å². The summed E-state index contributed by atoms with van der Waals surface area (Å²) in [6.07, 6.45) is 0. The van der Waals surface area contributed by atoms with Gasteiger partial charge in [0.1, 0.15) is 11.6 Å². The van der Waals surface area contributed by atoms with Crippen molar-refractivity contribution < 1.29 is 4.39 Å². The highest BCUT2D eigenvalue weighted by molar-refractivity contribution is 6.35. The maximum absolute atomic E-state index is 13.6. The van der Waals surface area contributed by atoms with Gasteiger partial charge in [0.15, 0.2) is 0 Å². The Labute approximate surface area is 136 Å². The third-order valence-corrected chi connectivity index (χ3v) is 3.88. The highest BCUT2D eigenvalue weighted by Crippen LogP contribution is 2.32. The number of aromatic nitrogens is 2. The number of hydrogen-bond acceptors (Lipinski definition) is 1. The number of hydrogen-bond donors (Lipinski definition) is 0. The van der Waals surface area contributed by atoms with Crippen LogP contribution in [-0.4, -0.2) is 9.55 Å². The summed E-state index contributed by atoms with van der Waals surface area (Å²) in [6.45, 7) is 1.81. The van der Waals surface area contributed by atoms with E-state index in [0.717, 1.165) is 0 Å². The van der Waals surface area contributed by atoms with Gasteiger partial charge in [-0.05, 0) is 37.3 Å². The molecule has 0 bridgehead atoms. The van der Waals surface area contributed by atoms with Crippen LogP contribution < -0.4 is 0 Å². The van der Waals surface area contributed by atoms with Crippen molar-refractivity contribution in [1.29, 1.82) is 0 Å². The van der Waals surface area contributed by atoms with E-state index < -0.39 is 0 Å². The molecule has 2 nitrogen and oxygen atoms in total. The molecule has 6 heteroatoms. The second-order valence-corrected chi connectivity index (χ2v) is 6.15. The van der Waals surface area contributed by atoms with Crippen LogP contribution in [0.3, 0.4) is 0 Å². The molecule has 0 spiro atoms. The molecule has 3 rings (SSSR count). The van der Waals surface area contributed by atoms with Crippen LogP contribution in [-0.2, 0) is 0 Å². The Balaban J connectivity index is 2.38. The van der Waals surface area contributed by atoms with Crippen molar-refractivity contribution in [2.45, 2.75) is 12.3 Å². The molecule has 2 aromatic carbocycles. The molecule has 1 atom stereocenters. The van der Waals surface area contributed by atoms with Gasteiger partial charge in [0.25, 0.3) is 0 Å². The fourth-order valence-corrected chi connectivity index (χ4v) is 2.89. The molecule has 0 amide bonds. The Kier molecular flexibility index (Phi) is 3.82. The summed E-state index contributed by atoms with van der Waals surface area (Å²) in [4.78, 5) is 4.47. The second kappa shape index (κ2) is 5.48. The zero-order valence-electron chi connectivity index (χ0n) is 10.9. The molecule has 0 aliphatic heterocycles. The second-order valence-electron chi connectivity index (χ2n) is 4.65. The first-order chi connectivity index (χ1) is 9.97. The fourth-order valence-electron chi connectivity index (χ4n) is 2.25. The van der Waals surface area contributed by atoms with Crippen molar-refractivity contribution in [3.8, 4) is 5.69 Å². The molecule has 0 aliphatic rings. The van der Waals surface area contributed by atoms with E-state index in [-0.39, 0.29) is 11.2 Å². The van der Waals surface area contributed by atoms with E-state index in [9.17, 15) is 4.39 Å². The van der Waals surface area contributed by atoms with Gasteiger partial charge in [0.05, 0.1) is 27.1 Å². The number of nitrogens with zero attached hydrogens (tertiary/aromatic N) is 2. The molecule has 0 saturated carbocycles. The Hall–Kier alpha value is -1.29. The Morgan fingerprint density at radius 3 is 2.57 bits per heavy atom. The molecule has 0 radical (unpaired) electrons. The largest absolute Gasteiger partial charge is 0.293 e. The van der Waals surface area contributed by atoms with Gasteiger partial charge in [-0.2, -0.15) is 0 Å². The third kappa shape index (κ3) is 2.61. The molecule has 0 fully saturated rings. The smallest absolute Gasteiger partial charge is 0.132 e. The van der Waals surface area contributed by atoms with Gasteiger partial charge in [-0.15, -0.1) is 11.6 Å². The summed E-state index contributed by atoms with van der Waals surface area (Å²) in [5.41, 5.74) is 1.93. The third-order valence-electron chi connectivity index (χ3n) is 3.15. The first kappa shape index (κ1) is 14.6. The zero-order chi connectivity index (χ0) is 15.1. The minimum absolute atomic E-state index is 0.345.